The van der Waals surface area contributed by atoms with Crippen LogP contribution in [0.4, 0.5) is 11.8 Å². The topological polar surface area (TPSA) is 94.0 Å². The van der Waals surface area contributed by atoms with Crippen LogP contribution in [-0.4, -0.2) is 32.3 Å². The fourth-order valence-electron chi connectivity index (χ4n) is 2.82. The molecular weight excluding hydrogens is 358 g/mol. The van der Waals surface area contributed by atoms with Crippen LogP contribution in [0, 0.1) is 6.92 Å². The van der Waals surface area contributed by atoms with Crippen molar-refractivity contribution < 1.29 is 0 Å². The maximum Gasteiger partial charge on any atom is 0.222 e. The number of allylic oxidation sites excluding steroid dienone is 3. The number of anilines is 2. The van der Waals surface area contributed by atoms with Gasteiger partial charge in [0.05, 0.1) is 34.5 Å². The van der Waals surface area contributed by atoms with Crippen LogP contribution in [0.1, 0.15) is 24.5 Å². The molecule has 0 saturated carbocycles. The van der Waals surface area contributed by atoms with Crippen LogP contribution in [0.15, 0.2) is 46.6 Å². The van der Waals surface area contributed by atoms with Crippen molar-refractivity contribution >= 4 is 40.9 Å². The summed E-state index contributed by atoms with van der Waals surface area (Å²) in [4.78, 5) is 17.4. The lowest BCUT2D eigenvalue weighted by molar-refractivity contribution is 0.807. The largest absolute Gasteiger partial charge is 0.368 e. The first kappa shape index (κ1) is 18.8. The number of hydrogen-bond acceptors (Lipinski definition) is 7. The molecule has 0 saturated heterocycles. The number of aliphatic imine (C=N–C) groups is 1. The molecule has 7 nitrogen and oxygen atoms in total. The summed E-state index contributed by atoms with van der Waals surface area (Å²) in [6.45, 7) is 10.3. The van der Waals surface area contributed by atoms with Gasteiger partial charge in [-0.3, -0.25) is 4.99 Å². The van der Waals surface area contributed by atoms with E-state index in [1.54, 1.807) is 11.3 Å². The lowest BCUT2D eigenvalue weighted by atomic mass is 10.2. The molecule has 0 fully saturated rings. The predicted octanol–water partition coefficient (Wildman–Crippen LogP) is 3.79. The number of nitrogens with two attached hydrogens (primary N) is 1. The Balaban J connectivity index is 1.98. The first-order valence-electron chi connectivity index (χ1n) is 8.61. The van der Waals surface area contributed by atoms with Gasteiger partial charge in [0.25, 0.3) is 0 Å². The van der Waals surface area contributed by atoms with Crippen molar-refractivity contribution in [2.75, 3.05) is 11.1 Å². The molecule has 0 aliphatic rings. The van der Waals surface area contributed by atoms with E-state index in [0.29, 0.717) is 12.4 Å². The third-order valence-electron chi connectivity index (χ3n) is 4.07. The minimum atomic E-state index is -0.0962. The van der Waals surface area contributed by atoms with Crippen LogP contribution < -0.4 is 11.1 Å². The third-order valence-corrected chi connectivity index (χ3v) is 4.89. The van der Waals surface area contributed by atoms with E-state index in [-0.39, 0.29) is 12.0 Å². The molecule has 1 atom stereocenters. The molecule has 0 amide bonds. The number of aryl methyl sites for hydroxylation is 1. The summed E-state index contributed by atoms with van der Waals surface area (Å²) in [6, 6.07) is 1.84. The second kappa shape index (κ2) is 8.13. The zero-order valence-corrected chi connectivity index (χ0v) is 16.5. The highest BCUT2D eigenvalue weighted by Crippen LogP contribution is 2.25. The van der Waals surface area contributed by atoms with E-state index in [9.17, 15) is 0 Å². The minimum Gasteiger partial charge on any atom is -0.368 e. The number of nitrogen functional groups attached to an aromatic ring is 1. The average molecular weight is 382 g/mol. The fraction of sp³-hybridized carbons (Fsp3) is 0.263. The second-order valence-corrected chi connectivity index (χ2v) is 7.17. The van der Waals surface area contributed by atoms with E-state index in [0.717, 1.165) is 27.4 Å². The van der Waals surface area contributed by atoms with Gasteiger partial charge in [-0.15, -0.1) is 11.3 Å². The van der Waals surface area contributed by atoms with Crippen molar-refractivity contribution in [1.82, 2.24) is 19.5 Å². The molecule has 140 valence electrons. The molecule has 0 radical (unpaired) electrons. The van der Waals surface area contributed by atoms with E-state index in [2.05, 4.69) is 41.9 Å². The molecule has 3 N–H and O–H groups in total. The van der Waals surface area contributed by atoms with Gasteiger partial charge in [0.15, 0.2) is 5.82 Å². The summed E-state index contributed by atoms with van der Waals surface area (Å²) in [5.74, 6) is 0.891. The number of hydrogen-bond donors (Lipinski definition) is 2. The SMILES string of the molecule is C=N/C(=C\C=C/C)C(C)Nc1nc(N)nc2ccn(Cc3csc(C)n3)c12. The first-order chi connectivity index (χ1) is 13.0. The van der Waals surface area contributed by atoms with Crippen LogP contribution >= 0.6 is 11.3 Å². The molecule has 3 rings (SSSR count). The molecule has 3 heterocycles. The fourth-order valence-corrected chi connectivity index (χ4v) is 3.42. The molecule has 8 heteroatoms. The number of thiazole rings is 1. The molecule has 0 aromatic carbocycles. The molecule has 3 aromatic rings. The van der Waals surface area contributed by atoms with E-state index in [4.69, 9.17) is 5.73 Å². The maximum absolute atomic E-state index is 5.91. The molecule has 1 unspecified atom stereocenters. The van der Waals surface area contributed by atoms with Gasteiger partial charge in [0.2, 0.25) is 5.95 Å². The number of nitrogens with one attached hydrogen (secondary N) is 1. The van der Waals surface area contributed by atoms with Crippen LogP contribution in [-0.2, 0) is 6.54 Å². The lowest BCUT2D eigenvalue weighted by Crippen LogP contribution is -2.19. The Labute approximate surface area is 162 Å². The highest BCUT2D eigenvalue weighted by Gasteiger charge is 2.15. The molecular formula is C19H23N7S. The van der Waals surface area contributed by atoms with E-state index in [1.807, 2.05) is 51.3 Å². The van der Waals surface area contributed by atoms with Gasteiger partial charge in [0.1, 0.15) is 5.52 Å². The molecule has 0 aliphatic carbocycles. The summed E-state index contributed by atoms with van der Waals surface area (Å²) in [5, 5.41) is 6.51. The Hall–Kier alpha value is -3.00. The zero-order valence-electron chi connectivity index (χ0n) is 15.7. The van der Waals surface area contributed by atoms with E-state index >= 15 is 0 Å². The Morgan fingerprint density at radius 3 is 2.93 bits per heavy atom. The van der Waals surface area contributed by atoms with E-state index < -0.39 is 0 Å². The van der Waals surface area contributed by atoms with Gasteiger partial charge in [-0.25, -0.2) is 9.97 Å². The normalized spacial score (nSPS) is 13.4. The zero-order chi connectivity index (χ0) is 19.4. The Morgan fingerprint density at radius 1 is 1.44 bits per heavy atom. The highest BCUT2D eigenvalue weighted by molar-refractivity contribution is 7.09. The van der Waals surface area contributed by atoms with E-state index in [1.165, 1.54) is 0 Å². The van der Waals surface area contributed by atoms with Crippen molar-refractivity contribution in [3.05, 3.63) is 52.3 Å². The van der Waals surface area contributed by atoms with Gasteiger partial charge >= 0.3 is 0 Å². The maximum atomic E-state index is 5.91. The first-order valence-corrected chi connectivity index (χ1v) is 9.49. The summed E-state index contributed by atoms with van der Waals surface area (Å²) in [5.41, 5.74) is 9.40. The highest BCUT2D eigenvalue weighted by atomic mass is 32.1. The summed E-state index contributed by atoms with van der Waals surface area (Å²) in [7, 11) is 0. The van der Waals surface area contributed by atoms with Crippen molar-refractivity contribution in [2.24, 2.45) is 4.99 Å². The van der Waals surface area contributed by atoms with Gasteiger partial charge < -0.3 is 15.6 Å². The van der Waals surface area contributed by atoms with Crippen molar-refractivity contribution in [3.63, 3.8) is 0 Å². The summed E-state index contributed by atoms with van der Waals surface area (Å²) < 4.78 is 2.08. The predicted molar refractivity (Wildman–Crippen MR) is 113 cm³/mol. The summed E-state index contributed by atoms with van der Waals surface area (Å²) in [6.07, 6.45) is 7.77. The van der Waals surface area contributed by atoms with Crippen LogP contribution in [0.3, 0.4) is 0 Å². The molecule has 0 spiro atoms. The van der Waals surface area contributed by atoms with Gasteiger partial charge in [-0.05, 0) is 39.6 Å². The number of fused-ring (bicyclic) bond motifs is 1. The standard InChI is InChI=1S/C19H23N7S/c1-5-6-7-15(21-4)12(2)22-18-17-16(24-19(20)25-18)8-9-26(17)10-14-11-27-13(3)23-14/h5-9,11-12H,4,10H2,1-3H3,(H3,20,22,24,25)/b6-5-,15-7-. The molecule has 0 aliphatic heterocycles. The number of aromatic nitrogens is 4. The van der Waals surface area contributed by atoms with Crippen LogP contribution in [0.5, 0.6) is 0 Å². The Bertz CT molecular complexity index is 1010. The summed E-state index contributed by atoms with van der Waals surface area (Å²) >= 11 is 1.64. The number of nitrogens with zero attached hydrogens (tertiary/aromatic N) is 5. The molecule has 0 bridgehead atoms. The van der Waals surface area contributed by atoms with Crippen molar-refractivity contribution in [2.45, 2.75) is 33.4 Å². The second-order valence-electron chi connectivity index (χ2n) is 6.11. The van der Waals surface area contributed by atoms with Gasteiger partial charge in [0, 0.05) is 11.6 Å². The van der Waals surface area contributed by atoms with Crippen LogP contribution in [0.25, 0.3) is 11.0 Å². The minimum absolute atomic E-state index is 0.0962. The molecule has 27 heavy (non-hydrogen) atoms. The average Bonchev–Trinajstić information content (AvgIpc) is 3.22. The quantitative estimate of drug-likeness (QED) is 0.480. The Kier molecular flexibility index (Phi) is 5.66. The van der Waals surface area contributed by atoms with Crippen molar-refractivity contribution in [3.8, 4) is 0 Å². The Morgan fingerprint density at radius 2 is 2.26 bits per heavy atom. The monoisotopic (exact) mass is 381 g/mol. The number of rotatable bonds is 7. The third kappa shape index (κ3) is 4.22. The van der Waals surface area contributed by atoms with Crippen LogP contribution in [0.2, 0.25) is 0 Å². The lowest BCUT2D eigenvalue weighted by Gasteiger charge is -2.17. The smallest absolute Gasteiger partial charge is 0.222 e. The van der Waals surface area contributed by atoms with Gasteiger partial charge in [-0.2, -0.15) is 4.98 Å². The molecule has 3 aromatic heterocycles. The van der Waals surface area contributed by atoms with Crippen molar-refractivity contribution in [1.29, 1.82) is 0 Å². The van der Waals surface area contributed by atoms with Gasteiger partial charge in [-0.1, -0.05) is 12.2 Å².